The van der Waals surface area contributed by atoms with E-state index in [0.29, 0.717) is 0 Å². The normalized spacial score (nSPS) is 25.2. The molecule has 0 aromatic carbocycles. The largest absolute Gasteiger partial charge is 0.303 e. The monoisotopic (exact) mass is 253 g/mol. The molecular formula is C17H35N. The molecule has 1 aliphatic heterocycles. The summed E-state index contributed by atoms with van der Waals surface area (Å²) in [6, 6.07) is 0. The number of hydrogen-bond acceptors (Lipinski definition) is 1. The standard InChI is InChI=1S/C17H35N/c1-6-14(2)16(4)17(5)15(3)13-18-11-9-7-8-10-12-18/h14-17H,6-13H2,1-5H3. The Kier molecular flexibility index (Phi) is 7.29. The number of rotatable bonds is 6. The van der Waals surface area contributed by atoms with E-state index in [1.165, 1.54) is 51.7 Å². The molecule has 0 aliphatic carbocycles. The third-order valence-corrected chi connectivity index (χ3v) is 5.51. The minimum absolute atomic E-state index is 0.840. The Balaban J connectivity index is 2.40. The van der Waals surface area contributed by atoms with E-state index in [1.807, 2.05) is 0 Å². The Hall–Kier alpha value is -0.0400. The molecule has 1 nitrogen and oxygen atoms in total. The van der Waals surface area contributed by atoms with E-state index in [-0.39, 0.29) is 0 Å². The van der Waals surface area contributed by atoms with Gasteiger partial charge in [-0.15, -0.1) is 0 Å². The first-order valence-electron chi connectivity index (χ1n) is 8.28. The molecule has 1 rings (SSSR count). The van der Waals surface area contributed by atoms with Crippen molar-refractivity contribution in [3.8, 4) is 0 Å². The molecule has 1 aliphatic rings. The van der Waals surface area contributed by atoms with Gasteiger partial charge in [0.15, 0.2) is 0 Å². The third-order valence-electron chi connectivity index (χ3n) is 5.51. The van der Waals surface area contributed by atoms with Gasteiger partial charge in [-0.05, 0) is 49.6 Å². The summed E-state index contributed by atoms with van der Waals surface area (Å²) in [7, 11) is 0. The van der Waals surface area contributed by atoms with Crippen molar-refractivity contribution in [3.05, 3.63) is 0 Å². The molecule has 0 saturated carbocycles. The van der Waals surface area contributed by atoms with Crippen LogP contribution in [0.4, 0.5) is 0 Å². The lowest BCUT2D eigenvalue weighted by molar-refractivity contribution is 0.154. The highest BCUT2D eigenvalue weighted by Crippen LogP contribution is 2.29. The fraction of sp³-hybridized carbons (Fsp3) is 1.00. The van der Waals surface area contributed by atoms with Crippen molar-refractivity contribution in [1.82, 2.24) is 4.90 Å². The summed E-state index contributed by atoms with van der Waals surface area (Å²) >= 11 is 0. The van der Waals surface area contributed by atoms with Gasteiger partial charge in [0.1, 0.15) is 0 Å². The van der Waals surface area contributed by atoms with Crippen LogP contribution < -0.4 is 0 Å². The van der Waals surface area contributed by atoms with E-state index in [4.69, 9.17) is 0 Å². The van der Waals surface area contributed by atoms with Gasteiger partial charge >= 0.3 is 0 Å². The van der Waals surface area contributed by atoms with E-state index in [2.05, 4.69) is 39.5 Å². The first-order chi connectivity index (χ1) is 8.56. The average molecular weight is 253 g/mol. The fourth-order valence-electron chi connectivity index (χ4n) is 3.30. The molecule has 1 heteroatoms. The zero-order valence-corrected chi connectivity index (χ0v) is 13.4. The van der Waals surface area contributed by atoms with Crippen LogP contribution in [0, 0.1) is 23.7 Å². The molecule has 1 heterocycles. The maximum Gasteiger partial charge on any atom is 0.000966 e. The Labute approximate surface area is 115 Å². The van der Waals surface area contributed by atoms with E-state index < -0.39 is 0 Å². The number of likely N-dealkylation sites (tertiary alicyclic amines) is 1. The van der Waals surface area contributed by atoms with Crippen molar-refractivity contribution >= 4 is 0 Å². The Morgan fingerprint density at radius 1 is 0.778 bits per heavy atom. The van der Waals surface area contributed by atoms with Gasteiger partial charge in [0, 0.05) is 6.54 Å². The summed E-state index contributed by atoms with van der Waals surface area (Å²) in [6.45, 7) is 16.1. The molecule has 0 spiro atoms. The molecule has 0 radical (unpaired) electrons. The average Bonchev–Trinajstić information content (AvgIpc) is 2.64. The van der Waals surface area contributed by atoms with Crippen LogP contribution in [0.5, 0.6) is 0 Å². The highest BCUT2D eigenvalue weighted by atomic mass is 15.1. The predicted octanol–water partition coefficient (Wildman–Crippen LogP) is 4.82. The summed E-state index contributed by atoms with van der Waals surface area (Å²) in [5.74, 6) is 3.42. The van der Waals surface area contributed by atoms with Crippen LogP contribution in [0.1, 0.15) is 66.7 Å². The maximum absolute atomic E-state index is 2.72. The van der Waals surface area contributed by atoms with Crippen LogP contribution in [-0.4, -0.2) is 24.5 Å². The molecule has 0 aromatic heterocycles. The summed E-state index contributed by atoms with van der Waals surface area (Å²) in [5, 5.41) is 0. The molecule has 1 fully saturated rings. The van der Waals surface area contributed by atoms with Crippen LogP contribution in [0.2, 0.25) is 0 Å². The molecule has 0 N–H and O–H groups in total. The van der Waals surface area contributed by atoms with Gasteiger partial charge in [0.2, 0.25) is 0 Å². The van der Waals surface area contributed by atoms with Crippen LogP contribution in [-0.2, 0) is 0 Å². The highest BCUT2D eigenvalue weighted by Gasteiger charge is 2.24. The quantitative estimate of drug-likeness (QED) is 0.656. The topological polar surface area (TPSA) is 3.24 Å². The number of nitrogens with zero attached hydrogens (tertiary/aromatic N) is 1. The van der Waals surface area contributed by atoms with Crippen molar-refractivity contribution in [2.75, 3.05) is 19.6 Å². The van der Waals surface area contributed by atoms with Gasteiger partial charge in [0.25, 0.3) is 0 Å². The lowest BCUT2D eigenvalue weighted by Crippen LogP contribution is -2.34. The minimum Gasteiger partial charge on any atom is -0.303 e. The van der Waals surface area contributed by atoms with Gasteiger partial charge in [-0.2, -0.15) is 0 Å². The van der Waals surface area contributed by atoms with Crippen LogP contribution in [0.25, 0.3) is 0 Å². The lowest BCUT2D eigenvalue weighted by Gasteiger charge is -2.33. The summed E-state index contributed by atoms with van der Waals surface area (Å²) in [5.41, 5.74) is 0. The van der Waals surface area contributed by atoms with Gasteiger partial charge < -0.3 is 4.90 Å². The smallest absolute Gasteiger partial charge is 0.000966 e. The first-order valence-corrected chi connectivity index (χ1v) is 8.28. The Morgan fingerprint density at radius 2 is 1.28 bits per heavy atom. The summed E-state index contributed by atoms with van der Waals surface area (Å²) in [6.07, 6.45) is 7.05. The van der Waals surface area contributed by atoms with Gasteiger partial charge in [-0.25, -0.2) is 0 Å². The van der Waals surface area contributed by atoms with Crippen molar-refractivity contribution in [1.29, 1.82) is 0 Å². The second-order valence-corrected chi connectivity index (χ2v) is 6.80. The lowest BCUT2D eigenvalue weighted by atomic mass is 9.77. The van der Waals surface area contributed by atoms with E-state index >= 15 is 0 Å². The van der Waals surface area contributed by atoms with E-state index in [0.717, 1.165) is 23.7 Å². The summed E-state index contributed by atoms with van der Waals surface area (Å²) < 4.78 is 0. The predicted molar refractivity (Wildman–Crippen MR) is 81.9 cm³/mol. The van der Waals surface area contributed by atoms with Crippen molar-refractivity contribution < 1.29 is 0 Å². The van der Waals surface area contributed by atoms with Crippen LogP contribution in [0.3, 0.4) is 0 Å². The molecular weight excluding hydrogens is 218 g/mol. The van der Waals surface area contributed by atoms with E-state index in [1.54, 1.807) is 0 Å². The Bertz CT molecular complexity index is 206. The van der Waals surface area contributed by atoms with Crippen molar-refractivity contribution in [2.24, 2.45) is 23.7 Å². The SMILES string of the molecule is CCC(C)C(C)C(C)C(C)CN1CCCCCC1. The van der Waals surface area contributed by atoms with Gasteiger partial charge in [-0.3, -0.25) is 0 Å². The van der Waals surface area contributed by atoms with Crippen molar-refractivity contribution in [3.63, 3.8) is 0 Å². The molecule has 1 saturated heterocycles. The molecule has 18 heavy (non-hydrogen) atoms. The second-order valence-electron chi connectivity index (χ2n) is 6.80. The maximum atomic E-state index is 2.72. The van der Waals surface area contributed by atoms with Gasteiger partial charge in [-0.1, -0.05) is 53.9 Å². The van der Waals surface area contributed by atoms with Crippen LogP contribution >= 0.6 is 0 Å². The van der Waals surface area contributed by atoms with Crippen molar-refractivity contribution in [2.45, 2.75) is 66.7 Å². The first kappa shape index (κ1) is 16.0. The van der Waals surface area contributed by atoms with E-state index in [9.17, 15) is 0 Å². The molecule has 108 valence electrons. The molecule has 0 bridgehead atoms. The molecule has 4 atom stereocenters. The Morgan fingerprint density at radius 3 is 1.78 bits per heavy atom. The van der Waals surface area contributed by atoms with Gasteiger partial charge in [0.05, 0.1) is 0 Å². The number of hydrogen-bond donors (Lipinski definition) is 0. The molecule has 0 aromatic rings. The minimum atomic E-state index is 0.840. The molecule has 0 amide bonds. The molecule has 4 unspecified atom stereocenters. The van der Waals surface area contributed by atoms with Crippen LogP contribution in [0.15, 0.2) is 0 Å². The summed E-state index contributed by atoms with van der Waals surface area (Å²) in [4.78, 5) is 2.72. The fourth-order valence-corrected chi connectivity index (χ4v) is 3.30. The third kappa shape index (κ3) is 4.91. The zero-order chi connectivity index (χ0) is 13.5. The second kappa shape index (κ2) is 8.19. The zero-order valence-electron chi connectivity index (χ0n) is 13.4. The highest BCUT2D eigenvalue weighted by molar-refractivity contribution is 4.75.